The van der Waals surface area contributed by atoms with E-state index in [1.807, 2.05) is 6.07 Å². The van der Waals surface area contributed by atoms with Gasteiger partial charge in [-0.3, -0.25) is 9.59 Å². The minimum atomic E-state index is -4.58. The lowest BCUT2D eigenvalue weighted by Crippen LogP contribution is -2.26. The van der Waals surface area contributed by atoms with Crippen LogP contribution in [0.25, 0.3) is 22.0 Å². The first-order chi connectivity index (χ1) is 16.7. The average molecular weight is 500 g/mol. The number of amides is 2. The number of para-hydroxylation sites is 1. The molecular weight excluding hydrogens is 479 g/mol. The maximum atomic E-state index is 13.6. The number of H-pyrrole nitrogens is 1. The third kappa shape index (κ3) is 5.17. The van der Waals surface area contributed by atoms with Crippen LogP contribution in [0, 0.1) is 0 Å². The Hall–Kier alpha value is -3.78. The van der Waals surface area contributed by atoms with Crippen LogP contribution in [0.2, 0.25) is 5.02 Å². The maximum absolute atomic E-state index is 13.6. The maximum Gasteiger partial charge on any atom is 0.431 e. The number of carbonyl (C=O) groups is 2. The Morgan fingerprint density at radius 3 is 2.31 bits per heavy atom. The molecule has 0 atom stereocenters. The minimum absolute atomic E-state index is 0.0112. The third-order valence-electron chi connectivity index (χ3n) is 5.67. The van der Waals surface area contributed by atoms with Crippen LogP contribution >= 0.6 is 11.6 Å². The van der Waals surface area contributed by atoms with Gasteiger partial charge in [0.2, 0.25) is 0 Å². The van der Waals surface area contributed by atoms with Crippen LogP contribution in [-0.4, -0.2) is 30.4 Å². The number of rotatable bonds is 6. The van der Waals surface area contributed by atoms with E-state index in [4.69, 9.17) is 11.6 Å². The summed E-state index contributed by atoms with van der Waals surface area (Å²) in [6.07, 6.45) is -4.60. The van der Waals surface area contributed by atoms with Gasteiger partial charge >= 0.3 is 6.18 Å². The van der Waals surface area contributed by atoms with Crippen molar-refractivity contribution < 1.29 is 22.8 Å². The number of halogens is 4. The van der Waals surface area contributed by atoms with Crippen LogP contribution in [0.5, 0.6) is 0 Å². The van der Waals surface area contributed by atoms with E-state index < -0.39 is 17.8 Å². The summed E-state index contributed by atoms with van der Waals surface area (Å²) in [7, 11) is 1.56. The van der Waals surface area contributed by atoms with Crippen molar-refractivity contribution in [2.75, 3.05) is 13.6 Å². The van der Waals surface area contributed by atoms with Gasteiger partial charge in [-0.1, -0.05) is 48.0 Å². The summed E-state index contributed by atoms with van der Waals surface area (Å²) >= 11 is 6.06. The van der Waals surface area contributed by atoms with Gasteiger partial charge in [-0.15, -0.1) is 0 Å². The van der Waals surface area contributed by atoms with Crippen LogP contribution in [0.3, 0.4) is 0 Å². The Labute approximate surface area is 204 Å². The van der Waals surface area contributed by atoms with Crippen molar-refractivity contribution in [3.63, 3.8) is 0 Å². The van der Waals surface area contributed by atoms with Crippen LogP contribution in [0.15, 0.2) is 66.7 Å². The van der Waals surface area contributed by atoms with Crippen molar-refractivity contribution in [1.82, 2.24) is 15.6 Å². The van der Waals surface area contributed by atoms with Crippen LogP contribution < -0.4 is 10.6 Å². The molecule has 0 aliphatic heterocycles. The molecule has 0 saturated heterocycles. The molecule has 0 spiro atoms. The highest BCUT2D eigenvalue weighted by atomic mass is 35.5. The number of benzene rings is 3. The van der Waals surface area contributed by atoms with Gasteiger partial charge in [-0.05, 0) is 53.4 Å². The molecule has 3 aromatic carbocycles. The van der Waals surface area contributed by atoms with Crippen molar-refractivity contribution >= 4 is 34.3 Å². The summed E-state index contributed by atoms with van der Waals surface area (Å²) in [6, 6.07) is 18.5. The van der Waals surface area contributed by atoms with E-state index in [-0.39, 0.29) is 35.0 Å². The highest BCUT2D eigenvalue weighted by molar-refractivity contribution is 6.35. The van der Waals surface area contributed by atoms with Crippen molar-refractivity contribution in [2.24, 2.45) is 0 Å². The summed E-state index contributed by atoms with van der Waals surface area (Å²) < 4.78 is 40.7. The molecule has 1 heterocycles. The van der Waals surface area contributed by atoms with Gasteiger partial charge in [0.1, 0.15) is 5.69 Å². The molecule has 0 radical (unpaired) electrons. The minimum Gasteiger partial charge on any atom is -0.355 e. The number of aromatic amines is 1. The van der Waals surface area contributed by atoms with Gasteiger partial charge < -0.3 is 15.6 Å². The van der Waals surface area contributed by atoms with Gasteiger partial charge in [-0.25, -0.2) is 0 Å². The molecule has 3 N–H and O–H groups in total. The molecule has 4 rings (SSSR count). The van der Waals surface area contributed by atoms with Crippen LogP contribution in [-0.2, 0) is 12.6 Å². The molecule has 0 aliphatic rings. The molecule has 1 aromatic heterocycles. The van der Waals surface area contributed by atoms with Crippen molar-refractivity contribution in [3.05, 3.63) is 94.1 Å². The van der Waals surface area contributed by atoms with Gasteiger partial charge in [-0.2, -0.15) is 13.2 Å². The number of hydrogen-bond acceptors (Lipinski definition) is 2. The van der Waals surface area contributed by atoms with E-state index in [0.29, 0.717) is 16.5 Å². The lowest BCUT2D eigenvalue weighted by molar-refractivity contribution is -0.141. The molecule has 0 fully saturated rings. The molecule has 4 aromatic rings. The molecule has 2 amide bonds. The Morgan fingerprint density at radius 2 is 1.63 bits per heavy atom. The number of hydrogen-bond donors (Lipinski definition) is 3. The largest absolute Gasteiger partial charge is 0.431 e. The highest BCUT2D eigenvalue weighted by Crippen LogP contribution is 2.37. The molecule has 35 heavy (non-hydrogen) atoms. The average Bonchev–Trinajstić information content (AvgIpc) is 3.24. The second-order valence-corrected chi connectivity index (χ2v) is 8.29. The monoisotopic (exact) mass is 499 g/mol. The van der Waals surface area contributed by atoms with Gasteiger partial charge in [0, 0.05) is 30.1 Å². The topological polar surface area (TPSA) is 74.0 Å². The van der Waals surface area contributed by atoms with Crippen molar-refractivity contribution in [1.29, 1.82) is 0 Å². The fourth-order valence-corrected chi connectivity index (χ4v) is 4.16. The second-order valence-electron chi connectivity index (χ2n) is 7.88. The lowest BCUT2D eigenvalue weighted by atomic mass is 10.0. The Balaban J connectivity index is 1.46. The summed E-state index contributed by atoms with van der Waals surface area (Å²) in [5.74, 6) is -0.601. The van der Waals surface area contributed by atoms with E-state index in [1.54, 1.807) is 61.6 Å². The molecule has 0 aliphatic carbocycles. The second kappa shape index (κ2) is 9.84. The SMILES string of the molecule is CNC(=O)c1cccc(-c2ccc(C(=O)NCCc3c(C(F)(F)F)[nH]c4c(Cl)cccc34)cc2)c1. The van der Waals surface area contributed by atoms with E-state index in [9.17, 15) is 22.8 Å². The van der Waals surface area contributed by atoms with Crippen LogP contribution in [0.4, 0.5) is 13.2 Å². The highest BCUT2D eigenvalue weighted by Gasteiger charge is 2.36. The number of carbonyl (C=O) groups excluding carboxylic acids is 2. The first kappa shape index (κ1) is 24.3. The Kier molecular flexibility index (Phi) is 6.84. The third-order valence-corrected chi connectivity index (χ3v) is 5.98. The quantitative estimate of drug-likeness (QED) is 0.312. The predicted octanol–water partition coefficient (Wildman–Crippen LogP) is 5.84. The summed E-state index contributed by atoms with van der Waals surface area (Å²) in [4.78, 5) is 26.8. The fraction of sp³-hybridized carbons (Fsp3) is 0.154. The summed E-state index contributed by atoms with van der Waals surface area (Å²) in [6.45, 7) is 0.0112. The standard InChI is InChI=1S/C26H21ClF3N3O2/c1-31-24(34)18-5-2-4-17(14-18)15-8-10-16(11-9-15)25(35)32-13-12-20-19-6-3-7-21(27)22(19)33-23(20)26(28,29)30/h2-11,14,33H,12-13H2,1H3,(H,31,34)(H,32,35). The first-order valence-electron chi connectivity index (χ1n) is 10.8. The molecule has 0 saturated carbocycles. The Bertz CT molecular complexity index is 1400. The number of nitrogens with one attached hydrogen (secondary N) is 3. The van der Waals surface area contributed by atoms with Gasteiger partial charge in [0.25, 0.3) is 11.8 Å². The Morgan fingerprint density at radius 1 is 0.914 bits per heavy atom. The van der Waals surface area contributed by atoms with Crippen molar-refractivity contribution in [3.8, 4) is 11.1 Å². The normalized spacial score (nSPS) is 11.5. The molecule has 180 valence electrons. The molecule has 9 heteroatoms. The number of fused-ring (bicyclic) bond motifs is 1. The lowest BCUT2D eigenvalue weighted by Gasteiger charge is -2.10. The van der Waals surface area contributed by atoms with E-state index in [0.717, 1.165) is 11.1 Å². The molecule has 5 nitrogen and oxygen atoms in total. The van der Waals surface area contributed by atoms with Crippen molar-refractivity contribution in [2.45, 2.75) is 12.6 Å². The van der Waals surface area contributed by atoms with E-state index in [2.05, 4.69) is 15.6 Å². The zero-order chi connectivity index (χ0) is 25.2. The van der Waals surface area contributed by atoms with E-state index >= 15 is 0 Å². The number of aromatic nitrogens is 1. The zero-order valence-electron chi connectivity index (χ0n) is 18.6. The first-order valence-corrected chi connectivity index (χ1v) is 11.1. The zero-order valence-corrected chi connectivity index (χ0v) is 19.3. The predicted molar refractivity (Wildman–Crippen MR) is 130 cm³/mol. The molecule has 0 unspecified atom stereocenters. The van der Waals surface area contributed by atoms with Crippen LogP contribution in [0.1, 0.15) is 32.0 Å². The van der Waals surface area contributed by atoms with Gasteiger partial charge in [0.05, 0.1) is 10.5 Å². The fourth-order valence-electron chi connectivity index (χ4n) is 3.94. The summed E-state index contributed by atoms with van der Waals surface area (Å²) in [5.41, 5.74) is 1.94. The molecule has 0 bridgehead atoms. The number of alkyl halides is 3. The molecular formula is C26H21ClF3N3O2. The summed E-state index contributed by atoms with van der Waals surface area (Å²) in [5, 5.41) is 5.83. The van der Waals surface area contributed by atoms with Gasteiger partial charge in [0.15, 0.2) is 0 Å². The smallest absolute Gasteiger partial charge is 0.355 e. The van der Waals surface area contributed by atoms with E-state index in [1.165, 1.54) is 6.07 Å².